The fraction of sp³-hybridized carbons (Fsp3) is 0.636. The Labute approximate surface area is 178 Å². The smallest absolute Gasteiger partial charge is 0.236 e. The molecule has 2 amide bonds. The number of nitrogens with one attached hydrogen (secondary N) is 1. The topological polar surface area (TPSA) is 74.4 Å². The van der Waals surface area contributed by atoms with Crippen molar-refractivity contribution in [3.05, 3.63) is 24.3 Å². The Kier molecular flexibility index (Phi) is 7.07. The molecule has 0 aromatic heterocycles. The first-order valence-corrected chi connectivity index (χ1v) is 11.0. The van der Waals surface area contributed by atoms with Gasteiger partial charge in [0.2, 0.25) is 11.8 Å². The Bertz CT molecular complexity index is 730. The van der Waals surface area contributed by atoms with Crippen LogP contribution >= 0.6 is 0 Å². The van der Waals surface area contributed by atoms with Gasteiger partial charge < -0.3 is 19.7 Å². The maximum absolute atomic E-state index is 12.4. The highest BCUT2D eigenvalue weighted by atomic mass is 16.6. The summed E-state index contributed by atoms with van der Waals surface area (Å²) in [6.45, 7) is 6.79. The molecule has 3 heterocycles. The third-order valence-corrected chi connectivity index (χ3v) is 5.99. The number of rotatable bonds is 6. The SMILES string of the molecule is O=C(CN1CCN(CC(=O)N2CCCCC2)CC1)NCC1COc2ccccc2O1. The zero-order chi connectivity index (χ0) is 20.8. The lowest BCUT2D eigenvalue weighted by Crippen LogP contribution is -2.52. The van der Waals surface area contributed by atoms with Crippen molar-refractivity contribution in [3.8, 4) is 11.5 Å². The zero-order valence-corrected chi connectivity index (χ0v) is 17.6. The minimum Gasteiger partial charge on any atom is -0.486 e. The Morgan fingerprint density at radius 3 is 2.30 bits per heavy atom. The Hall–Kier alpha value is -2.32. The van der Waals surface area contributed by atoms with Crippen LogP contribution < -0.4 is 14.8 Å². The Morgan fingerprint density at radius 1 is 0.900 bits per heavy atom. The highest BCUT2D eigenvalue weighted by Gasteiger charge is 2.25. The second kappa shape index (κ2) is 10.1. The molecule has 1 unspecified atom stereocenters. The van der Waals surface area contributed by atoms with E-state index in [2.05, 4.69) is 15.1 Å². The van der Waals surface area contributed by atoms with E-state index in [0.717, 1.165) is 63.6 Å². The molecule has 4 rings (SSSR count). The van der Waals surface area contributed by atoms with Gasteiger partial charge in [-0.25, -0.2) is 0 Å². The molecule has 0 spiro atoms. The van der Waals surface area contributed by atoms with Gasteiger partial charge in [-0.2, -0.15) is 0 Å². The van der Waals surface area contributed by atoms with E-state index >= 15 is 0 Å². The van der Waals surface area contributed by atoms with Crippen LogP contribution in [-0.4, -0.2) is 98.1 Å². The molecule has 0 aliphatic carbocycles. The van der Waals surface area contributed by atoms with Crippen molar-refractivity contribution >= 4 is 11.8 Å². The lowest BCUT2D eigenvalue weighted by Gasteiger charge is -2.35. The molecule has 3 aliphatic rings. The van der Waals surface area contributed by atoms with Crippen molar-refractivity contribution in [2.75, 3.05) is 65.5 Å². The van der Waals surface area contributed by atoms with Gasteiger partial charge in [-0.1, -0.05) is 12.1 Å². The summed E-state index contributed by atoms with van der Waals surface area (Å²) in [5.41, 5.74) is 0. The van der Waals surface area contributed by atoms with Gasteiger partial charge in [0.1, 0.15) is 12.7 Å². The van der Waals surface area contributed by atoms with Crippen molar-refractivity contribution < 1.29 is 19.1 Å². The summed E-state index contributed by atoms with van der Waals surface area (Å²) in [6.07, 6.45) is 3.30. The standard InChI is InChI=1S/C22H32N4O4/c27-21(23-14-18-17-29-19-6-2-3-7-20(19)30-18)15-24-10-12-25(13-11-24)16-22(28)26-8-4-1-5-9-26/h2-3,6-7,18H,1,4-5,8-17H2,(H,23,27). The highest BCUT2D eigenvalue weighted by Crippen LogP contribution is 2.30. The number of piperazine rings is 1. The molecule has 0 saturated carbocycles. The molecule has 8 heteroatoms. The summed E-state index contributed by atoms with van der Waals surface area (Å²) in [6, 6.07) is 7.57. The first kappa shape index (κ1) is 20.9. The number of hydrogen-bond acceptors (Lipinski definition) is 6. The maximum Gasteiger partial charge on any atom is 0.236 e. The fourth-order valence-electron chi connectivity index (χ4n) is 4.19. The average molecular weight is 417 g/mol. The summed E-state index contributed by atoms with van der Waals surface area (Å²) >= 11 is 0. The van der Waals surface area contributed by atoms with Crippen LogP contribution in [0.2, 0.25) is 0 Å². The van der Waals surface area contributed by atoms with Gasteiger partial charge in [0.05, 0.1) is 19.6 Å². The molecule has 1 aromatic carbocycles. The normalized spacial score (nSPS) is 22.5. The van der Waals surface area contributed by atoms with Crippen LogP contribution in [-0.2, 0) is 9.59 Å². The molecular weight excluding hydrogens is 384 g/mol. The van der Waals surface area contributed by atoms with E-state index in [1.165, 1.54) is 6.42 Å². The van der Waals surface area contributed by atoms with Crippen LogP contribution in [0.3, 0.4) is 0 Å². The molecule has 2 fully saturated rings. The van der Waals surface area contributed by atoms with Crippen molar-refractivity contribution in [3.63, 3.8) is 0 Å². The molecule has 30 heavy (non-hydrogen) atoms. The second-order valence-electron chi connectivity index (χ2n) is 8.30. The fourth-order valence-corrected chi connectivity index (χ4v) is 4.19. The van der Waals surface area contributed by atoms with E-state index < -0.39 is 0 Å². The lowest BCUT2D eigenvalue weighted by molar-refractivity contribution is -0.134. The third kappa shape index (κ3) is 5.64. The number of ether oxygens (including phenoxy) is 2. The van der Waals surface area contributed by atoms with Crippen molar-refractivity contribution in [1.29, 1.82) is 0 Å². The van der Waals surface area contributed by atoms with Crippen LogP contribution in [0.15, 0.2) is 24.3 Å². The Morgan fingerprint density at radius 2 is 1.57 bits per heavy atom. The number of piperidine rings is 1. The predicted octanol–water partition coefficient (Wildman–Crippen LogP) is 0.573. The molecule has 1 atom stereocenters. The number of para-hydroxylation sites is 2. The van der Waals surface area contributed by atoms with E-state index in [9.17, 15) is 9.59 Å². The maximum atomic E-state index is 12.4. The summed E-state index contributed by atoms with van der Waals surface area (Å²) in [4.78, 5) is 31.1. The van der Waals surface area contributed by atoms with E-state index in [-0.39, 0.29) is 17.9 Å². The summed E-state index contributed by atoms with van der Waals surface area (Å²) < 4.78 is 11.6. The van der Waals surface area contributed by atoms with Gasteiger partial charge in [0.15, 0.2) is 11.5 Å². The molecule has 8 nitrogen and oxygen atoms in total. The number of nitrogens with zero attached hydrogens (tertiary/aromatic N) is 3. The monoisotopic (exact) mass is 416 g/mol. The van der Waals surface area contributed by atoms with E-state index in [4.69, 9.17) is 9.47 Å². The minimum absolute atomic E-state index is 0.00435. The van der Waals surface area contributed by atoms with Crippen LogP contribution in [0, 0.1) is 0 Å². The molecular formula is C22H32N4O4. The largest absolute Gasteiger partial charge is 0.486 e. The molecule has 1 N–H and O–H groups in total. The third-order valence-electron chi connectivity index (χ3n) is 5.99. The number of hydrogen-bond donors (Lipinski definition) is 1. The van der Waals surface area contributed by atoms with E-state index in [1.807, 2.05) is 29.2 Å². The molecule has 0 bridgehead atoms. The summed E-state index contributed by atoms with van der Waals surface area (Å²) in [5, 5.41) is 2.96. The first-order chi connectivity index (χ1) is 14.7. The van der Waals surface area contributed by atoms with Gasteiger partial charge >= 0.3 is 0 Å². The van der Waals surface area contributed by atoms with E-state index in [0.29, 0.717) is 26.2 Å². The molecule has 1 aromatic rings. The van der Waals surface area contributed by atoms with Crippen molar-refractivity contribution in [1.82, 2.24) is 20.0 Å². The van der Waals surface area contributed by atoms with Gasteiger partial charge in [-0.3, -0.25) is 19.4 Å². The highest BCUT2D eigenvalue weighted by molar-refractivity contribution is 5.78. The number of likely N-dealkylation sites (tertiary alicyclic amines) is 1. The molecule has 164 valence electrons. The number of carbonyl (C=O) groups is 2. The van der Waals surface area contributed by atoms with Crippen LogP contribution in [0.4, 0.5) is 0 Å². The number of amides is 2. The zero-order valence-electron chi connectivity index (χ0n) is 17.6. The second-order valence-corrected chi connectivity index (χ2v) is 8.30. The summed E-state index contributed by atoms with van der Waals surface area (Å²) in [5.74, 6) is 1.71. The van der Waals surface area contributed by atoms with Crippen molar-refractivity contribution in [2.24, 2.45) is 0 Å². The Balaban J connectivity index is 1.12. The number of benzene rings is 1. The van der Waals surface area contributed by atoms with Crippen LogP contribution in [0.5, 0.6) is 11.5 Å². The predicted molar refractivity (Wildman–Crippen MR) is 113 cm³/mol. The van der Waals surface area contributed by atoms with Gasteiger partial charge in [-0.05, 0) is 31.4 Å². The van der Waals surface area contributed by atoms with Gasteiger partial charge in [0, 0.05) is 39.3 Å². The lowest BCUT2D eigenvalue weighted by atomic mass is 10.1. The van der Waals surface area contributed by atoms with Crippen molar-refractivity contribution in [2.45, 2.75) is 25.4 Å². The molecule has 2 saturated heterocycles. The number of carbonyl (C=O) groups excluding carboxylic acids is 2. The van der Waals surface area contributed by atoms with Gasteiger partial charge in [-0.15, -0.1) is 0 Å². The number of fused-ring (bicyclic) bond motifs is 1. The molecule has 0 radical (unpaired) electrons. The van der Waals surface area contributed by atoms with Crippen LogP contribution in [0.1, 0.15) is 19.3 Å². The van der Waals surface area contributed by atoms with E-state index in [1.54, 1.807) is 0 Å². The van der Waals surface area contributed by atoms with Gasteiger partial charge in [0.25, 0.3) is 0 Å². The minimum atomic E-state index is -0.179. The quantitative estimate of drug-likeness (QED) is 0.731. The first-order valence-electron chi connectivity index (χ1n) is 11.0. The summed E-state index contributed by atoms with van der Waals surface area (Å²) in [7, 11) is 0. The molecule has 3 aliphatic heterocycles. The van der Waals surface area contributed by atoms with Crippen LogP contribution in [0.25, 0.3) is 0 Å². The average Bonchev–Trinajstić information content (AvgIpc) is 2.79.